The second-order valence-electron chi connectivity index (χ2n) is 5.42. The summed E-state index contributed by atoms with van der Waals surface area (Å²) in [6.45, 7) is 2.35. The van der Waals surface area contributed by atoms with Gasteiger partial charge in [-0.25, -0.2) is 8.42 Å². The lowest BCUT2D eigenvalue weighted by Crippen LogP contribution is -2.33. The van der Waals surface area contributed by atoms with Gasteiger partial charge in [-0.15, -0.1) is 0 Å². The number of aryl methyl sites for hydroxylation is 1. The maximum atomic E-state index is 12.8. The summed E-state index contributed by atoms with van der Waals surface area (Å²) >= 11 is 0. The molecule has 0 unspecified atom stereocenters. The molecule has 0 radical (unpaired) electrons. The summed E-state index contributed by atoms with van der Waals surface area (Å²) in [5.41, 5.74) is 7.77. The Morgan fingerprint density at radius 2 is 2.19 bits per heavy atom. The first-order valence-corrected chi connectivity index (χ1v) is 8.29. The van der Waals surface area contributed by atoms with Crippen LogP contribution in [-0.2, 0) is 16.6 Å². The molecule has 0 spiro atoms. The first kappa shape index (κ1) is 14.1. The maximum absolute atomic E-state index is 12.8. The van der Waals surface area contributed by atoms with E-state index in [1.165, 1.54) is 10.5 Å². The molecule has 1 heterocycles. The number of sulfonamides is 1. The number of nitrogens with one attached hydrogen (secondary N) is 1. The van der Waals surface area contributed by atoms with Gasteiger partial charge in [0.25, 0.3) is 0 Å². The van der Waals surface area contributed by atoms with E-state index in [9.17, 15) is 8.42 Å². The molecule has 2 aromatic rings. The van der Waals surface area contributed by atoms with Crippen molar-refractivity contribution in [1.82, 2.24) is 14.5 Å². The summed E-state index contributed by atoms with van der Waals surface area (Å²) in [5.74, 6) is 0.0879. The van der Waals surface area contributed by atoms with Crippen molar-refractivity contribution in [2.45, 2.75) is 37.2 Å². The summed E-state index contributed by atoms with van der Waals surface area (Å²) in [6, 6.07) is 7.94. The monoisotopic (exact) mass is 306 g/mol. The number of anilines is 1. The molecule has 0 amide bonds. The Hall–Kier alpha value is -1.86. The van der Waals surface area contributed by atoms with Gasteiger partial charge in [-0.05, 0) is 25.3 Å². The average molecular weight is 306 g/mol. The Bertz CT molecular complexity index is 750. The van der Waals surface area contributed by atoms with E-state index in [4.69, 9.17) is 5.73 Å². The summed E-state index contributed by atoms with van der Waals surface area (Å²) in [6.07, 6.45) is 3.06. The minimum absolute atomic E-state index is 0.0575. The molecule has 1 aliphatic rings. The number of benzene rings is 1. The van der Waals surface area contributed by atoms with Crippen molar-refractivity contribution >= 4 is 15.8 Å². The molecule has 0 bridgehead atoms. The SMILES string of the molecule is Cc1cccc(CN(C2CC2)S(=O)(=O)c2cn[nH]c2N)c1. The lowest BCUT2D eigenvalue weighted by atomic mass is 10.1. The molecule has 1 aliphatic carbocycles. The molecular weight excluding hydrogens is 288 g/mol. The van der Waals surface area contributed by atoms with E-state index in [2.05, 4.69) is 10.2 Å². The van der Waals surface area contributed by atoms with Crippen molar-refractivity contribution in [1.29, 1.82) is 0 Å². The van der Waals surface area contributed by atoms with Gasteiger partial charge in [0.2, 0.25) is 10.0 Å². The number of rotatable bonds is 5. The van der Waals surface area contributed by atoms with E-state index in [1.54, 1.807) is 0 Å². The van der Waals surface area contributed by atoms with Crippen LogP contribution in [0.2, 0.25) is 0 Å². The van der Waals surface area contributed by atoms with E-state index in [-0.39, 0.29) is 16.8 Å². The zero-order valence-electron chi connectivity index (χ0n) is 11.8. The van der Waals surface area contributed by atoms with Crippen LogP contribution in [0.15, 0.2) is 35.4 Å². The smallest absolute Gasteiger partial charge is 0.248 e. The first-order chi connectivity index (χ1) is 9.98. The number of nitrogens with zero attached hydrogens (tertiary/aromatic N) is 2. The van der Waals surface area contributed by atoms with Crippen molar-refractivity contribution in [2.75, 3.05) is 5.73 Å². The number of aromatic amines is 1. The van der Waals surface area contributed by atoms with E-state index in [1.807, 2.05) is 31.2 Å². The Labute approximate surface area is 124 Å². The van der Waals surface area contributed by atoms with Crippen LogP contribution < -0.4 is 5.73 Å². The van der Waals surface area contributed by atoms with Crippen LogP contribution in [0.1, 0.15) is 24.0 Å². The lowest BCUT2D eigenvalue weighted by molar-refractivity contribution is 0.399. The summed E-state index contributed by atoms with van der Waals surface area (Å²) in [5, 5.41) is 6.20. The van der Waals surface area contributed by atoms with Crippen molar-refractivity contribution in [2.24, 2.45) is 0 Å². The Balaban J connectivity index is 1.94. The summed E-state index contributed by atoms with van der Waals surface area (Å²) < 4.78 is 27.1. The van der Waals surface area contributed by atoms with Crippen molar-refractivity contribution in [3.05, 3.63) is 41.6 Å². The van der Waals surface area contributed by atoms with Gasteiger partial charge < -0.3 is 5.73 Å². The second-order valence-corrected chi connectivity index (χ2v) is 7.28. The molecule has 1 saturated carbocycles. The van der Waals surface area contributed by atoms with E-state index < -0.39 is 10.0 Å². The molecule has 1 fully saturated rings. The van der Waals surface area contributed by atoms with Gasteiger partial charge in [-0.1, -0.05) is 29.8 Å². The summed E-state index contributed by atoms with van der Waals surface area (Å²) in [7, 11) is -3.62. The number of H-pyrrole nitrogens is 1. The molecular formula is C14H18N4O2S. The molecule has 6 nitrogen and oxygen atoms in total. The number of aromatic nitrogens is 2. The maximum Gasteiger partial charge on any atom is 0.248 e. The standard InChI is InChI=1S/C14H18N4O2S/c1-10-3-2-4-11(7-10)9-18(12-5-6-12)21(19,20)13-8-16-17-14(13)15/h2-4,7-8,12H,5-6,9H2,1H3,(H3,15,16,17). The van der Waals surface area contributed by atoms with Crippen LogP contribution in [0.5, 0.6) is 0 Å². The number of hydrogen-bond donors (Lipinski definition) is 2. The highest BCUT2D eigenvalue weighted by Gasteiger charge is 2.39. The quantitative estimate of drug-likeness (QED) is 0.878. The van der Waals surface area contributed by atoms with E-state index in [0.29, 0.717) is 6.54 Å². The predicted octanol–water partition coefficient (Wildman–Crippen LogP) is 1.65. The molecule has 0 saturated heterocycles. The second kappa shape index (κ2) is 5.16. The topological polar surface area (TPSA) is 92.1 Å². The van der Waals surface area contributed by atoms with Crippen molar-refractivity contribution < 1.29 is 8.42 Å². The lowest BCUT2D eigenvalue weighted by Gasteiger charge is -2.21. The third kappa shape index (κ3) is 2.79. The fourth-order valence-corrected chi connectivity index (χ4v) is 4.06. The van der Waals surface area contributed by atoms with Crippen LogP contribution in [0.25, 0.3) is 0 Å². The van der Waals surface area contributed by atoms with Gasteiger partial charge >= 0.3 is 0 Å². The molecule has 3 rings (SSSR count). The fraction of sp³-hybridized carbons (Fsp3) is 0.357. The zero-order chi connectivity index (χ0) is 15.0. The van der Waals surface area contributed by atoms with Crippen LogP contribution in [0, 0.1) is 6.92 Å². The minimum atomic E-state index is -3.62. The third-order valence-electron chi connectivity index (χ3n) is 3.59. The van der Waals surface area contributed by atoms with Gasteiger partial charge in [0, 0.05) is 12.6 Å². The van der Waals surface area contributed by atoms with E-state index >= 15 is 0 Å². The van der Waals surface area contributed by atoms with Crippen LogP contribution in [-0.4, -0.2) is 29.0 Å². The van der Waals surface area contributed by atoms with Crippen LogP contribution in [0.3, 0.4) is 0 Å². The Kier molecular flexibility index (Phi) is 3.46. The van der Waals surface area contributed by atoms with Crippen LogP contribution >= 0.6 is 0 Å². The summed E-state index contributed by atoms with van der Waals surface area (Å²) in [4.78, 5) is 0.0575. The molecule has 21 heavy (non-hydrogen) atoms. The highest BCUT2D eigenvalue weighted by atomic mass is 32.2. The highest BCUT2D eigenvalue weighted by molar-refractivity contribution is 7.89. The minimum Gasteiger partial charge on any atom is -0.383 e. The molecule has 1 aromatic carbocycles. The van der Waals surface area contributed by atoms with Gasteiger partial charge in [0.1, 0.15) is 10.7 Å². The van der Waals surface area contributed by atoms with Gasteiger partial charge in [-0.3, -0.25) is 5.10 Å². The van der Waals surface area contributed by atoms with Gasteiger partial charge in [0.05, 0.1) is 6.20 Å². The molecule has 0 atom stereocenters. The fourth-order valence-electron chi connectivity index (χ4n) is 2.38. The third-order valence-corrected chi connectivity index (χ3v) is 5.52. The van der Waals surface area contributed by atoms with Gasteiger partial charge in [-0.2, -0.15) is 9.40 Å². The van der Waals surface area contributed by atoms with Crippen LogP contribution in [0.4, 0.5) is 5.82 Å². The van der Waals surface area contributed by atoms with Gasteiger partial charge in [0.15, 0.2) is 0 Å². The van der Waals surface area contributed by atoms with Crippen molar-refractivity contribution in [3.63, 3.8) is 0 Å². The molecule has 7 heteroatoms. The molecule has 3 N–H and O–H groups in total. The Morgan fingerprint density at radius 1 is 1.43 bits per heavy atom. The number of hydrogen-bond acceptors (Lipinski definition) is 4. The highest BCUT2D eigenvalue weighted by Crippen LogP contribution is 2.34. The number of nitrogens with two attached hydrogens (primary N) is 1. The largest absolute Gasteiger partial charge is 0.383 e. The molecule has 1 aromatic heterocycles. The molecule has 112 valence electrons. The van der Waals surface area contributed by atoms with E-state index in [0.717, 1.165) is 24.0 Å². The molecule has 0 aliphatic heterocycles. The normalized spacial score (nSPS) is 15.5. The number of nitrogen functional groups attached to an aromatic ring is 1. The predicted molar refractivity (Wildman–Crippen MR) is 79.9 cm³/mol. The average Bonchev–Trinajstić information content (AvgIpc) is 3.17. The zero-order valence-corrected chi connectivity index (χ0v) is 12.6. The first-order valence-electron chi connectivity index (χ1n) is 6.85. The Morgan fingerprint density at radius 3 is 2.76 bits per heavy atom. The van der Waals surface area contributed by atoms with Crippen molar-refractivity contribution in [3.8, 4) is 0 Å².